The fourth-order valence-corrected chi connectivity index (χ4v) is 2.48. The number of aromatic nitrogens is 4. The minimum atomic E-state index is 0.529. The molecule has 0 saturated carbocycles. The predicted octanol–water partition coefficient (Wildman–Crippen LogP) is 2.66. The van der Waals surface area contributed by atoms with Crippen LogP contribution in [0.1, 0.15) is 11.5 Å². The van der Waals surface area contributed by atoms with Gasteiger partial charge in [-0.05, 0) is 24.3 Å². The molecule has 0 fully saturated rings. The largest absolute Gasteiger partial charge is 0.497 e. The molecule has 2 heterocycles. The molecule has 0 atom stereocenters. The number of ether oxygens (including phenoxy) is 1. The lowest BCUT2D eigenvalue weighted by Crippen LogP contribution is -2.07. The highest BCUT2D eigenvalue weighted by molar-refractivity contribution is 6.17. The molecule has 0 N–H and O–H groups in total. The lowest BCUT2D eigenvalue weighted by molar-refractivity contribution is 0.415. The van der Waals surface area contributed by atoms with E-state index in [0.717, 1.165) is 28.3 Å². The maximum absolute atomic E-state index is 5.89. The van der Waals surface area contributed by atoms with Gasteiger partial charge in [-0.1, -0.05) is 0 Å². The zero-order valence-electron chi connectivity index (χ0n) is 11.7. The molecule has 3 rings (SSSR count). The molecule has 0 spiro atoms. The molecule has 0 aliphatic carbocycles. The summed E-state index contributed by atoms with van der Waals surface area (Å²) in [5.74, 6) is 2.28. The van der Waals surface area contributed by atoms with Crippen LogP contribution in [-0.4, -0.2) is 32.7 Å². The lowest BCUT2D eigenvalue weighted by Gasteiger charge is -2.08. The second kappa shape index (κ2) is 6.10. The molecule has 21 heavy (non-hydrogen) atoms. The van der Waals surface area contributed by atoms with Gasteiger partial charge < -0.3 is 9.30 Å². The summed E-state index contributed by atoms with van der Waals surface area (Å²) in [5, 5.41) is 8.06. The number of methoxy groups -OCH3 is 1. The third-order valence-electron chi connectivity index (χ3n) is 3.30. The average molecular weight is 303 g/mol. The molecule has 0 aliphatic heterocycles. The normalized spacial score (nSPS) is 11.0. The van der Waals surface area contributed by atoms with Crippen LogP contribution in [-0.2, 0) is 13.0 Å². The van der Waals surface area contributed by atoms with Crippen LogP contribution in [0.5, 0.6) is 5.75 Å². The van der Waals surface area contributed by atoms with Crippen molar-refractivity contribution in [1.82, 2.24) is 19.7 Å². The minimum Gasteiger partial charge on any atom is -0.497 e. The van der Waals surface area contributed by atoms with Gasteiger partial charge >= 0.3 is 0 Å². The number of benzene rings is 1. The number of hydrogen-bond acceptors (Lipinski definition) is 4. The van der Waals surface area contributed by atoms with E-state index in [9.17, 15) is 0 Å². The maximum atomic E-state index is 5.89. The molecule has 0 bridgehead atoms. The molecule has 0 aliphatic rings. The molecule has 0 unspecified atom stereocenters. The Labute approximate surface area is 127 Å². The third-order valence-corrected chi connectivity index (χ3v) is 3.49. The number of imidazole rings is 1. The first-order valence-corrected chi connectivity index (χ1v) is 7.21. The number of fused-ring (bicyclic) bond motifs is 1. The zero-order valence-corrected chi connectivity index (χ0v) is 12.4. The Morgan fingerprint density at radius 3 is 2.90 bits per heavy atom. The Bertz CT molecular complexity index is 742. The van der Waals surface area contributed by atoms with Gasteiger partial charge in [-0.25, -0.2) is 4.98 Å². The summed E-state index contributed by atoms with van der Waals surface area (Å²) in [6, 6.07) is 9.68. The van der Waals surface area contributed by atoms with Crippen LogP contribution >= 0.6 is 11.6 Å². The Hall–Kier alpha value is -2.14. The first-order valence-electron chi connectivity index (χ1n) is 6.67. The van der Waals surface area contributed by atoms with Crippen LogP contribution in [0.2, 0.25) is 0 Å². The second-order valence-corrected chi connectivity index (χ2v) is 5.00. The van der Waals surface area contributed by atoms with Crippen molar-refractivity contribution in [3.63, 3.8) is 0 Å². The quantitative estimate of drug-likeness (QED) is 0.680. The highest BCUT2D eigenvalue weighted by Crippen LogP contribution is 2.23. The topological polar surface area (TPSA) is 52.8 Å². The monoisotopic (exact) mass is 302 g/mol. The van der Waals surface area contributed by atoms with Gasteiger partial charge in [0.05, 0.1) is 30.4 Å². The van der Waals surface area contributed by atoms with Crippen molar-refractivity contribution < 1.29 is 4.74 Å². The van der Waals surface area contributed by atoms with E-state index in [4.69, 9.17) is 16.3 Å². The van der Waals surface area contributed by atoms with Crippen molar-refractivity contribution in [3.8, 4) is 5.75 Å². The summed E-state index contributed by atoms with van der Waals surface area (Å²) in [6.45, 7) is 0.615. The van der Waals surface area contributed by atoms with E-state index in [1.807, 2.05) is 30.3 Å². The Balaban J connectivity index is 2.10. The summed E-state index contributed by atoms with van der Waals surface area (Å²) in [5.41, 5.74) is 2.83. The standard InChI is InChI=1S/C15H15ClN4O/c1-21-12-4-5-13-14(9-12)20(15(18-13)6-7-16)10-11-3-2-8-17-19-11/h2-5,8-9H,6-7,10H2,1H3. The van der Waals surface area contributed by atoms with Crippen LogP contribution < -0.4 is 4.74 Å². The summed E-state index contributed by atoms with van der Waals surface area (Å²) in [6.07, 6.45) is 2.37. The van der Waals surface area contributed by atoms with Crippen molar-refractivity contribution in [2.75, 3.05) is 13.0 Å². The molecule has 108 valence electrons. The molecule has 0 amide bonds. The van der Waals surface area contributed by atoms with Gasteiger partial charge in [0.15, 0.2) is 0 Å². The molecule has 0 saturated heterocycles. The number of alkyl halides is 1. The van der Waals surface area contributed by atoms with Crippen molar-refractivity contribution in [1.29, 1.82) is 0 Å². The Morgan fingerprint density at radius 2 is 2.19 bits per heavy atom. The van der Waals surface area contributed by atoms with E-state index in [1.165, 1.54) is 0 Å². The van der Waals surface area contributed by atoms with Gasteiger partial charge in [0.25, 0.3) is 0 Å². The van der Waals surface area contributed by atoms with Gasteiger partial charge in [-0.2, -0.15) is 10.2 Å². The smallest absolute Gasteiger partial charge is 0.121 e. The van der Waals surface area contributed by atoms with Gasteiger partial charge in [-0.3, -0.25) is 0 Å². The first-order chi connectivity index (χ1) is 10.3. The van der Waals surface area contributed by atoms with Crippen LogP contribution in [0, 0.1) is 0 Å². The SMILES string of the molecule is COc1ccc2nc(CCCl)n(Cc3cccnn3)c2c1. The highest BCUT2D eigenvalue weighted by Gasteiger charge is 2.12. The molecule has 1 aromatic carbocycles. The molecule has 2 aromatic heterocycles. The molecular formula is C15H15ClN4O. The minimum absolute atomic E-state index is 0.529. The van der Waals surface area contributed by atoms with Gasteiger partial charge in [-0.15, -0.1) is 11.6 Å². The molecule has 5 nitrogen and oxygen atoms in total. The Kier molecular flexibility index (Phi) is 4.01. The van der Waals surface area contributed by atoms with Crippen molar-refractivity contribution in [2.24, 2.45) is 0 Å². The van der Waals surface area contributed by atoms with Crippen molar-refractivity contribution in [2.45, 2.75) is 13.0 Å². The van der Waals surface area contributed by atoms with Crippen LogP contribution in [0.15, 0.2) is 36.5 Å². The summed E-state index contributed by atoms with van der Waals surface area (Å²) < 4.78 is 7.42. The first kappa shape index (κ1) is 13.8. The number of hydrogen-bond donors (Lipinski definition) is 0. The van der Waals surface area contributed by atoms with E-state index in [0.29, 0.717) is 18.8 Å². The molecular weight excluding hydrogens is 288 g/mol. The van der Waals surface area contributed by atoms with Crippen LogP contribution in [0.3, 0.4) is 0 Å². The van der Waals surface area contributed by atoms with Gasteiger partial charge in [0.2, 0.25) is 0 Å². The molecule has 6 heteroatoms. The summed E-state index contributed by atoms with van der Waals surface area (Å²) in [7, 11) is 1.66. The van der Waals surface area contributed by atoms with Crippen LogP contribution in [0.4, 0.5) is 0 Å². The number of nitrogens with zero attached hydrogens (tertiary/aromatic N) is 4. The third kappa shape index (κ3) is 2.83. The van der Waals surface area contributed by atoms with E-state index in [-0.39, 0.29) is 0 Å². The Morgan fingerprint density at radius 1 is 1.29 bits per heavy atom. The van der Waals surface area contributed by atoms with Gasteiger partial charge in [0.1, 0.15) is 11.6 Å². The number of aryl methyl sites for hydroxylation is 1. The van der Waals surface area contributed by atoms with E-state index in [1.54, 1.807) is 13.3 Å². The summed E-state index contributed by atoms with van der Waals surface area (Å²) in [4.78, 5) is 4.65. The summed E-state index contributed by atoms with van der Waals surface area (Å²) >= 11 is 5.89. The molecule has 3 aromatic rings. The van der Waals surface area contributed by atoms with E-state index < -0.39 is 0 Å². The predicted molar refractivity (Wildman–Crippen MR) is 81.8 cm³/mol. The average Bonchev–Trinajstić information content (AvgIpc) is 2.86. The van der Waals surface area contributed by atoms with Crippen molar-refractivity contribution >= 4 is 22.6 Å². The van der Waals surface area contributed by atoms with Crippen LogP contribution in [0.25, 0.3) is 11.0 Å². The second-order valence-electron chi connectivity index (χ2n) is 4.62. The van der Waals surface area contributed by atoms with E-state index >= 15 is 0 Å². The van der Waals surface area contributed by atoms with Crippen molar-refractivity contribution in [3.05, 3.63) is 48.0 Å². The maximum Gasteiger partial charge on any atom is 0.121 e. The fourth-order valence-electron chi connectivity index (χ4n) is 2.31. The van der Waals surface area contributed by atoms with E-state index in [2.05, 4.69) is 19.7 Å². The number of halogens is 1. The van der Waals surface area contributed by atoms with Gasteiger partial charge in [0, 0.05) is 24.6 Å². The lowest BCUT2D eigenvalue weighted by atomic mass is 10.3. The molecule has 0 radical (unpaired) electrons. The number of rotatable bonds is 5. The highest BCUT2D eigenvalue weighted by atomic mass is 35.5. The zero-order chi connectivity index (χ0) is 14.7. The fraction of sp³-hybridized carbons (Fsp3) is 0.267.